The van der Waals surface area contributed by atoms with Gasteiger partial charge in [0.25, 0.3) is 0 Å². The van der Waals surface area contributed by atoms with Crippen molar-refractivity contribution in [3.05, 3.63) is 35.9 Å². The van der Waals surface area contributed by atoms with E-state index >= 15 is 0 Å². The van der Waals surface area contributed by atoms with E-state index < -0.39 is 74.9 Å². The van der Waals surface area contributed by atoms with Crippen LogP contribution in [0.1, 0.15) is 102 Å². The van der Waals surface area contributed by atoms with Gasteiger partial charge in [0.2, 0.25) is 23.6 Å². The Labute approximate surface area is 279 Å². The lowest BCUT2D eigenvalue weighted by Gasteiger charge is -2.38. The highest BCUT2D eigenvalue weighted by molar-refractivity contribution is 6.00. The van der Waals surface area contributed by atoms with E-state index in [9.17, 15) is 28.8 Å². The third-order valence-electron chi connectivity index (χ3n) is 7.52. The van der Waals surface area contributed by atoms with E-state index in [1.54, 1.807) is 46.8 Å². The van der Waals surface area contributed by atoms with Crippen LogP contribution in [0.3, 0.4) is 0 Å². The first-order chi connectivity index (χ1) is 21.1. The van der Waals surface area contributed by atoms with Gasteiger partial charge in [-0.05, 0) is 94.6 Å². The summed E-state index contributed by atoms with van der Waals surface area (Å²) in [6, 6.07) is 9.06. The van der Waals surface area contributed by atoms with Gasteiger partial charge in [0.1, 0.15) is 39.9 Å². The van der Waals surface area contributed by atoms with Crippen molar-refractivity contribution >= 4 is 35.7 Å². The zero-order valence-electron chi connectivity index (χ0n) is 30.4. The quantitative estimate of drug-likeness (QED) is 0.200. The van der Waals surface area contributed by atoms with Gasteiger partial charge >= 0.3 is 12.1 Å². The van der Waals surface area contributed by atoms with Crippen LogP contribution in [-0.4, -0.2) is 69.0 Å². The zero-order valence-corrected chi connectivity index (χ0v) is 30.4. The first-order valence-corrected chi connectivity index (χ1v) is 15.6. The molecule has 0 aliphatic heterocycles. The second kappa shape index (κ2) is 14.7. The molecule has 0 aliphatic carbocycles. The number of benzene rings is 1. The average Bonchev–Trinajstić information content (AvgIpc) is 2.90. The van der Waals surface area contributed by atoms with E-state index in [1.165, 1.54) is 62.3 Å². The summed E-state index contributed by atoms with van der Waals surface area (Å²) in [5.41, 5.74) is -7.42. The topological polar surface area (TPSA) is 181 Å². The monoisotopic (exact) mass is 661 g/mol. The van der Waals surface area contributed by atoms with Crippen molar-refractivity contribution in [2.24, 2.45) is 5.92 Å². The first kappa shape index (κ1) is 40.9. The molecule has 264 valence electrons. The van der Waals surface area contributed by atoms with Gasteiger partial charge in [0, 0.05) is 0 Å². The lowest BCUT2D eigenvalue weighted by atomic mass is 9.86. The molecule has 13 nitrogen and oxygen atoms in total. The molecule has 13 heteroatoms. The second-order valence-corrected chi connectivity index (χ2v) is 15.4. The van der Waals surface area contributed by atoms with Crippen molar-refractivity contribution in [3.8, 4) is 0 Å². The van der Waals surface area contributed by atoms with Gasteiger partial charge in [-0.2, -0.15) is 0 Å². The Balaban J connectivity index is 2.95. The second-order valence-electron chi connectivity index (χ2n) is 15.4. The molecule has 0 radical (unpaired) electrons. The van der Waals surface area contributed by atoms with Crippen molar-refractivity contribution in [1.82, 2.24) is 26.6 Å². The Morgan fingerprint density at radius 1 is 0.574 bits per heavy atom. The van der Waals surface area contributed by atoms with Crippen LogP contribution in [0.2, 0.25) is 0 Å². The van der Waals surface area contributed by atoms with Crippen molar-refractivity contribution in [3.63, 3.8) is 0 Å². The molecule has 1 atom stereocenters. The van der Waals surface area contributed by atoms with Gasteiger partial charge < -0.3 is 36.1 Å². The Hall–Kier alpha value is -4.16. The van der Waals surface area contributed by atoms with Crippen LogP contribution in [0.4, 0.5) is 4.79 Å². The maximum Gasteiger partial charge on any atom is 0.408 e. The molecule has 0 spiro atoms. The normalized spacial score (nSPS) is 13.9. The molecule has 0 fully saturated rings. The van der Waals surface area contributed by atoms with Gasteiger partial charge in [-0.3, -0.25) is 19.2 Å². The lowest BCUT2D eigenvalue weighted by Crippen LogP contribution is -2.69. The van der Waals surface area contributed by atoms with Crippen LogP contribution in [0, 0.1) is 5.92 Å². The number of hydrogen-bond donors (Lipinski definition) is 5. The van der Waals surface area contributed by atoms with Crippen LogP contribution in [0.25, 0.3) is 0 Å². The maximum absolute atomic E-state index is 13.5. The van der Waals surface area contributed by atoms with Crippen LogP contribution in [0.5, 0.6) is 0 Å². The summed E-state index contributed by atoms with van der Waals surface area (Å²) in [5.74, 6) is -3.74. The number of rotatable bonds is 13. The number of nitrogens with one attached hydrogen (secondary N) is 5. The molecule has 0 aliphatic rings. The number of carbonyl (C=O) groups excluding carboxylic acids is 6. The molecule has 0 saturated heterocycles. The van der Waals surface area contributed by atoms with Crippen LogP contribution in [0.15, 0.2) is 30.3 Å². The summed E-state index contributed by atoms with van der Waals surface area (Å²) in [4.78, 5) is 78.7. The highest BCUT2D eigenvalue weighted by Crippen LogP contribution is 2.21. The fraction of sp³-hybridized carbons (Fsp3) is 0.647. The molecule has 5 amide bonds. The Kier molecular flexibility index (Phi) is 12.8. The molecular weight excluding hydrogens is 606 g/mol. The Morgan fingerprint density at radius 2 is 0.957 bits per heavy atom. The van der Waals surface area contributed by atoms with Gasteiger partial charge in [0.05, 0.1) is 0 Å². The van der Waals surface area contributed by atoms with E-state index in [2.05, 4.69) is 26.6 Å². The number of amides is 5. The predicted molar refractivity (Wildman–Crippen MR) is 178 cm³/mol. The molecule has 0 saturated carbocycles. The molecule has 1 rings (SSSR count). The largest absolute Gasteiger partial charge is 0.458 e. The smallest absolute Gasteiger partial charge is 0.408 e. The molecule has 0 bridgehead atoms. The summed E-state index contributed by atoms with van der Waals surface area (Å²) < 4.78 is 10.7. The van der Waals surface area contributed by atoms with E-state index in [4.69, 9.17) is 9.47 Å². The first-order valence-electron chi connectivity index (χ1n) is 15.6. The molecule has 0 aromatic heterocycles. The highest BCUT2D eigenvalue weighted by Gasteiger charge is 2.45. The van der Waals surface area contributed by atoms with E-state index in [0.717, 1.165) is 5.56 Å². The summed E-state index contributed by atoms with van der Waals surface area (Å²) >= 11 is 0. The lowest BCUT2D eigenvalue weighted by molar-refractivity contribution is -0.163. The highest BCUT2D eigenvalue weighted by atomic mass is 16.6. The summed E-state index contributed by atoms with van der Waals surface area (Å²) in [7, 11) is 0. The summed E-state index contributed by atoms with van der Waals surface area (Å²) in [6.45, 7) is 21.8. The standard InChI is InChI=1S/C34H55N5O8/c1-21(2)34(14,39-28(45)46-20-22-18-16-15-17-19-22)26(43)38-32(10,11)24(41)36-30(6,7)23(40)35-31(8,9)25(42)37-33(12,13)27(44)47-29(3,4)5/h15-19,21H,20H2,1-14H3,(H,35,40)(H,36,41)(H,37,42)(H,38,43)(H,39,45)/t34-/m0/s1. The van der Waals surface area contributed by atoms with Crippen LogP contribution >= 0.6 is 0 Å². The summed E-state index contributed by atoms with van der Waals surface area (Å²) in [5, 5.41) is 13.2. The minimum absolute atomic E-state index is 0.00742. The SMILES string of the molecule is CC(C)[C@](C)(NC(=O)OCc1ccccc1)C(=O)NC(C)(C)C(=O)NC(C)(C)C(=O)NC(C)(C)C(=O)NC(C)(C)C(=O)OC(C)(C)C. The van der Waals surface area contributed by atoms with E-state index in [0.29, 0.717) is 0 Å². The summed E-state index contributed by atoms with van der Waals surface area (Å²) in [6.07, 6.45) is -0.804. The Bertz CT molecular complexity index is 1330. The van der Waals surface area contributed by atoms with Gasteiger partial charge in [-0.25, -0.2) is 9.59 Å². The number of alkyl carbamates (subject to hydrolysis) is 1. The zero-order chi connectivity index (χ0) is 36.8. The minimum atomic E-state index is -1.54. The predicted octanol–water partition coefficient (Wildman–Crippen LogP) is 3.25. The number of ether oxygens (including phenoxy) is 2. The third kappa shape index (κ3) is 11.9. The molecule has 1 aromatic carbocycles. The number of esters is 1. The molecule has 5 N–H and O–H groups in total. The van der Waals surface area contributed by atoms with E-state index in [-0.39, 0.29) is 6.61 Å². The van der Waals surface area contributed by atoms with Crippen molar-refractivity contribution in [2.45, 2.75) is 137 Å². The van der Waals surface area contributed by atoms with Crippen LogP contribution in [-0.2, 0) is 40.1 Å². The van der Waals surface area contributed by atoms with Crippen molar-refractivity contribution in [2.75, 3.05) is 0 Å². The van der Waals surface area contributed by atoms with Gasteiger partial charge in [-0.1, -0.05) is 44.2 Å². The average molecular weight is 662 g/mol. The van der Waals surface area contributed by atoms with Crippen LogP contribution < -0.4 is 26.6 Å². The fourth-order valence-electron chi connectivity index (χ4n) is 3.80. The van der Waals surface area contributed by atoms with E-state index in [1.807, 2.05) is 18.2 Å². The number of hydrogen-bond acceptors (Lipinski definition) is 8. The maximum atomic E-state index is 13.5. The molecule has 0 unspecified atom stereocenters. The van der Waals surface area contributed by atoms with Gasteiger partial charge in [0.15, 0.2) is 0 Å². The Morgan fingerprint density at radius 3 is 1.34 bits per heavy atom. The molecule has 1 aromatic rings. The molecular formula is C34H55N5O8. The van der Waals surface area contributed by atoms with Crippen molar-refractivity contribution in [1.29, 1.82) is 0 Å². The fourth-order valence-corrected chi connectivity index (χ4v) is 3.80. The third-order valence-corrected chi connectivity index (χ3v) is 7.52. The van der Waals surface area contributed by atoms with Gasteiger partial charge in [-0.15, -0.1) is 0 Å². The molecule has 47 heavy (non-hydrogen) atoms. The number of carbonyl (C=O) groups is 6. The molecule has 0 heterocycles. The van der Waals surface area contributed by atoms with Crippen molar-refractivity contribution < 1.29 is 38.2 Å². The minimum Gasteiger partial charge on any atom is -0.458 e.